The molecule has 0 aliphatic rings. The molecule has 2 heterocycles. The molecule has 0 saturated carbocycles. The summed E-state index contributed by atoms with van der Waals surface area (Å²) in [5.74, 6) is -0.0656. The second kappa shape index (κ2) is 7.89. The number of aromatic nitrogens is 4. The Hall–Kier alpha value is -2.74. The van der Waals surface area contributed by atoms with E-state index in [4.69, 9.17) is 0 Å². The molecular weight excluding hydrogens is 338 g/mol. The third-order valence-electron chi connectivity index (χ3n) is 3.86. The number of nitrogens with one attached hydrogen (secondary N) is 1. The van der Waals surface area contributed by atoms with Crippen molar-refractivity contribution in [2.75, 3.05) is 0 Å². The molecule has 0 saturated heterocycles. The molecule has 1 N–H and O–H groups in total. The van der Waals surface area contributed by atoms with Crippen LogP contribution in [0.5, 0.6) is 0 Å². The molecule has 0 spiro atoms. The van der Waals surface area contributed by atoms with Crippen molar-refractivity contribution in [3.05, 3.63) is 68.8 Å². The fourth-order valence-corrected chi connectivity index (χ4v) is 3.20. The lowest BCUT2D eigenvalue weighted by molar-refractivity contribution is -0.121. The maximum Gasteiger partial charge on any atom is 0.307 e. The lowest BCUT2D eigenvalue weighted by atomic mass is 10.1. The Bertz CT molecular complexity index is 881. The van der Waals surface area contributed by atoms with Crippen LogP contribution in [0.15, 0.2) is 47.1 Å². The van der Waals surface area contributed by atoms with Crippen molar-refractivity contribution in [3.8, 4) is 0 Å². The molecule has 0 bridgehead atoms. The average molecular weight is 357 g/mol. The van der Waals surface area contributed by atoms with Crippen molar-refractivity contribution in [3.63, 3.8) is 0 Å². The van der Waals surface area contributed by atoms with E-state index in [-0.39, 0.29) is 10.8 Å². The van der Waals surface area contributed by atoms with Crippen molar-refractivity contribution in [1.82, 2.24) is 24.6 Å². The fraction of sp³-hybridized carbons (Fsp3) is 0.294. The van der Waals surface area contributed by atoms with Gasteiger partial charge in [-0.3, -0.25) is 9.59 Å². The zero-order valence-electron chi connectivity index (χ0n) is 13.9. The average Bonchev–Trinajstić information content (AvgIpc) is 3.23. The summed E-state index contributed by atoms with van der Waals surface area (Å²) in [4.78, 5) is 27.5. The smallest absolute Gasteiger partial charge is 0.307 e. The first kappa shape index (κ1) is 17.1. The second-order valence-electron chi connectivity index (χ2n) is 5.73. The van der Waals surface area contributed by atoms with E-state index in [0.29, 0.717) is 26.1 Å². The number of aryl methyl sites for hydroxylation is 1. The Labute approximate surface area is 149 Å². The molecule has 2 aromatic heterocycles. The van der Waals surface area contributed by atoms with Crippen LogP contribution < -0.4 is 10.2 Å². The maximum absolute atomic E-state index is 12.0. The molecule has 7 nitrogen and oxygen atoms in total. The largest absolute Gasteiger partial charge is 0.352 e. The highest BCUT2D eigenvalue weighted by molar-refractivity contribution is 7.07. The van der Waals surface area contributed by atoms with Crippen molar-refractivity contribution in [2.45, 2.75) is 33.0 Å². The minimum Gasteiger partial charge on any atom is -0.352 e. The molecule has 0 atom stereocenters. The third kappa shape index (κ3) is 4.63. The Morgan fingerprint density at radius 2 is 2.00 bits per heavy atom. The van der Waals surface area contributed by atoms with Gasteiger partial charge in [-0.2, -0.15) is 5.10 Å². The van der Waals surface area contributed by atoms with Crippen LogP contribution in [0, 0.1) is 6.92 Å². The van der Waals surface area contributed by atoms with Crippen molar-refractivity contribution < 1.29 is 4.79 Å². The predicted octanol–water partition coefficient (Wildman–Crippen LogP) is 1.56. The van der Waals surface area contributed by atoms with Gasteiger partial charge in [-0.15, -0.1) is 0 Å². The topological polar surface area (TPSA) is 81.8 Å². The highest BCUT2D eigenvalue weighted by atomic mass is 32.1. The number of amides is 1. The van der Waals surface area contributed by atoms with Gasteiger partial charge in [-0.05, 0) is 18.1 Å². The number of hydrogen-bond donors (Lipinski definition) is 1. The van der Waals surface area contributed by atoms with Gasteiger partial charge in [-0.25, -0.2) is 9.67 Å². The molecule has 1 aromatic carbocycles. The van der Waals surface area contributed by atoms with E-state index in [2.05, 4.69) is 15.4 Å². The molecule has 3 aromatic rings. The lowest BCUT2D eigenvalue weighted by Crippen LogP contribution is -2.26. The van der Waals surface area contributed by atoms with E-state index in [0.717, 1.165) is 28.2 Å². The molecule has 0 unspecified atom stereocenters. The molecular formula is C17H19N5O2S. The van der Waals surface area contributed by atoms with Gasteiger partial charge >= 0.3 is 4.87 Å². The highest BCUT2D eigenvalue weighted by Gasteiger charge is 2.06. The van der Waals surface area contributed by atoms with E-state index in [1.54, 1.807) is 21.0 Å². The van der Waals surface area contributed by atoms with Crippen molar-refractivity contribution >= 4 is 17.2 Å². The van der Waals surface area contributed by atoms with E-state index in [1.807, 2.05) is 31.2 Å². The third-order valence-corrected chi connectivity index (χ3v) is 4.74. The summed E-state index contributed by atoms with van der Waals surface area (Å²) in [7, 11) is 0. The van der Waals surface area contributed by atoms with Gasteiger partial charge in [0.05, 0.1) is 6.54 Å². The van der Waals surface area contributed by atoms with Gasteiger partial charge in [0, 0.05) is 30.6 Å². The van der Waals surface area contributed by atoms with Crippen LogP contribution in [0.2, 0.25) is 0 Å². The minimum absolute atomic E-state index is 0.0201. The fourth-order valence-electron chi connectivity index (χ4n) is 2.44. The highest BCUT2D eigenvalue weighted by Crippen LogP contribution is 2.06. The molecule has 0 aliphatic carbocycles. The summed E-state index contributed by atoms with van der Waals surface area (Å²) in [5, 5.41) is 8.77. The SMILES string of the molecule is Cc1csc(=O)n1CCC(=O)NCc1ccc(Cn2cncn2)cc1. The zero-order chi connectivity index (χ0) is 17.6. The van der Waals surface area contributed by atoms with Crippen LogP contribution in [-0.4, -0.2) is 25.2 Å². The van der Waals surface area contributed by atoms with Crippen LogP contribution in [0.3, 0.4) is 0 Å². The number of nitrogens with zero attached hydrogens (tertiary/aromatic N) is 4. The first-order valence-electron chi connectivity index (χ1n) is 7.93. The Morgan fingerprint density at radius 1 is 1.24 bits per heavy atom. The molecule has 0 radical (unpaired) electrons. The summed E-state index contributed by atoms with van der Waals surface area (Å²) in [5.41, 5.74) is 3.04. The maximum atomic E-state index is 12.0. The van der Waals surface area contributed by atoms with E-state index >= 15 is 0 Å². The monoisotopic (exact) mass is 357 g/mol. The quantitative estimate of drug-likeness (QED) is 0.696. The number of carbonyl (C=O) groups is 1. The number of rotatable bonds is 7. The Morgan fingerprint density at radius 3 is 2.64 bits per heavy atom. The van der Waals surface area contributed by atoms with E-state index in [9.17, 15) is 9.59 Å². The zero-order valence-corrected chi connectivity index (χ0v) is 14.7. The normalized spacial score (nSPS) is 10.8. The van der Waals surface area contributed by atoms with Crippen molar-refractivity contribution in [1.29, 1.82) is 0 Å². The van der Waals surface area contributed by atoms with Crippen LogP contribution >= 0.6 is 11.3 Å². The summed E-state index contributed by atoms with van der Waals surface area (Å²) in [6.45, 7) is 3.43. The standard InChI is InChI=1S/C17H19N5O2S/c1-13-10-25-17(24)22(13)7-6-16(23)19-8-14-2-4-15(5-3-14)9-21-12-18-11-20-21/h2-5,10-12H,6-9H2,1H3,(H,19,23). The number of hydrogen-bond acceptors (Lipinski definition) is 5. The second-order valence-corrected chi connectivity index (χ2v) is 6.55. The lowest BCUT2D eigenvalue weighted by Gasteiger charge is -2.08. The predicted molar refractivity (Wildman–Crippen MR) is 95.3 cm³/mol. The number of thiazole rings is 1. The Balaban J connectivity index is 1.46. The first-order valence-corrected chi connectivity index (χ1v) is 8.81. The van der Waals surface area contributed by atoms with Gasteiger partial charge in [0.15, 0.2) is 0 Å². The first-order chi connectivity index (χ1) is 12.1. The van der Waals surface area contributed by atoms with E-state index in [1.165, 1.54) is 6.33 Å². The molecule has 8 heteroatoms. The number of benzene rings is 1. The van der Waals surface area contributed by atoms with Gasteiger partial charge in [0.2, 0.25) is 5.91 Å². The molecule has 25 heavy (non-hydrogen) atoms. The van der Waals surface area contributed by atoms with Gasteiger partial charge in [0.25, 0.3) is 0 Å². The van der Waals surface area contributed by atoms with Gasteiger partial charge < -0.3 is 9.88 Å². The summed E-state index contributed by atoms with van der Waals surface area (Å²) < 4.78 is 3.38. The Kier molecular flexibility index (Phi) is 5.39. The molecule has 1 amide bonds. The summed E-state index contributed by atoms with van der Waals surface area (Å²) in [6, 6.07) is 8.00. The van der Waals surface area contributed by atoms with Gasteiger partial charge in [0.1, 0.15) is 12.7 Å². The van der Waals surface area contributed by atoms with Crippen LogP contribution in [-0.2, 0) is 24.4 Å². The molecule has 3 rings (SSSR count). The summed E-state index contributed by atoms with van der Waals surface area (Å²) >= 11 is 1.16. The van der Waals surface area contributed by atoms with E-state index < -0.39 is 0 Å². The van der Waals surface area contributed by atoms with Crippen LogP contribution in [0.1, 0.15) is 23.2 Å². The molecule has 130 valence electrons. The minimum atomic E-state index is -0.0656. The molecule has 0 aliphatic heterocycles. The van der Waals surface area contributed by atoms with Crippen LogP contribution in [0.25, 0.3) is 0 Å². The van der Waals surface area contributed by atoms with Gasteiger partial charge in [-0.1, -0.05) is 35.6 Å². The van der Waals surface area contributed by atoms with Crippen molar-refractivity contribution in [2.24, 2.45) is 0 Å². The number of carbonyl (C=O) groups excluding carboxylic acids is 1. The summed E-state index contributed by atoms with van der Waals surface area (Å²) in [6.07, 6.45) is 3.48. The van der Waals surface area contributed by atoms with Crippen LogP contribution in [0.4, 0.5) is 0 Å². The molecule has 0 fully saturated rings.